The van der Waals surface area contributed by atoms with Gasteiger partial charge in [-0.15, -0.1) is 11.8 Å². The maximum Gasteiger partial charge on any atom is 1.00 e. The van der Waals surface area contributed by atoms with Gasteiger partial charge in [0.05, 0.1) is 16.5 Å². The molecule has 0 aliphatic carbocycles. The number of pyridine rings is 1. The number of carbonyl (C=O) groups excluding carboxylic acids is 1. The molecule has 0 radical (unpaired) electrons. The van der Waals surface area contributed by atoms with Crippen molar-refractivity contribution in [2.45, 2.75) is 18.3 Å². The van der Waals surface area contributed by atoms with E-state index in [4.69, 9.17) is 4.74 Å². The van der Waals surface area contributed by atoms with Gasteiger partial charge in [0.25, 0.3) is 0 Å². The molecule has 0 fully saturated rings. The Bertz CT molecular complexity index is 1410. The topological polar surface area (TPSA) is 62.2 Å². The van der Waals surface area contributed by atoms with E-state index in [0.717, 1.165) is 33.7 Å². The summed E-state index contributed by atoms with van der Waals surface area (Å²) < 4.78 is 20.0. The second-order valence-electron chi connectivity index (χ2n) is 8.03. The zero-order chi connectivity index (χ0) is 23.5. The van der Waals surface area contributed by atoms with Gasteiger partial charge in [0.15, 0.2) is 0 Å². The molecule has 1 atom stereocenters. The van der Waals surface area contributed by atoms with Gasteiger partial charge in [0, 0.05) is 16.9 Å². The van der Waals surface area contributed by atoms with Crippen molar-refractivity contribution >= 4 is 40.8 Å². The van der Waals surface area contributed by atoms with Gasteiger partial charge in [-0.3, -0.25) is 0 Å². The largest absolute Gasteiger partial charge is 1.00 e. The first-order chi connectivity index (χ1) is 16.6. The van der Waals surface area contributed by atoms with E-state index in [1.807, 2.05) is 42.5 Å². The van der Waals surface area contributed by atoms with Crippen molar-refractivity contribution in [2.75, 3.05) is 5.75 Å². The monoisotopic (exact) mass is 493 g/mol. The summed E-state index contributed by atoms with van der Waals surface area (Å²) in [6.45, 7) is 0.466. The van der Waals surface area contributed by atoms with Crippen LogP contribution in [0.3, 0.4) is 0 Å². The van der Waals surface area contributed by atoms with E-state index >= 15 is 0 Å². The number of thioether (sulfide) groups is 1. The zero-order valence-electron chi connectivity index (χ0n) is 19.2. The molecule has 1 aliphatic heterocycles. The number of rotatable bonds is 6. The molecule has 3 aromatic carbocycles. The van der Waals surface area contributed by atoms with Gasteiger partial charge in [0.1, 0.15) is 18.2 Å². The van der Waals surface area contributed by atoms with Crippen molar-refractivity contribution in [2.24, 2.45) is 0 Å². The Kier molecular flexibility index (Phi) is 8.29. The average Bonchev–Trinajstić information content (AvgIpc) is 2.99. The Morgan fingerprint density at radius 1 is 1.06 bits per heavy atom. The van der Waals surface area contributed by atoms with Gasteiger partial charge >= 0.3 is 29.6 Å². The summed E-state index contributed by atoms with van der Waals surface area (Å²) in [5, 5.41) is 11.4. The standard InChI is InChI=1S/C28H22FNO3S.Na/c29-24-6-3-7-25-22(24)12-11-20(30-25)10-8-18-9-13-26-23(16-18)28(34-15-14-27(31)32)21-5-2-1-4-19(21)17-33-26;/h1-13,16,28H,14-15,17H2,(H,31,32);/q;+1/p-1/b10-8+;. The van der Waals surface area contributed by atoms with Crippen molar-refractivity contribution in [1.82, 2.24) is 4.98 Å². The van der Waals surface area contributed by atoms with Crippen molar-refractivity contribution in [1.29, 1.82) is 0 Å². The zero-order valence-corrected chi connectivity index (χ0v) is 22.1. The van der Waals surface area contributed by atoms with E-state index in [2.05, 4.69) is 17.1 Å². The van der Waals surface area contributed by atoms with Crippen LogP contribution in [0.15, 0.2) is 72.8 Å². The van der Waals surface area contributed by atoms with E-state index in [0.29, 0.717) is 23.3 Å². The number of carbonyl (C=O) groups is 1. The molecule has 0 saturated carbocycles. The number of aliphatic carboxylic acids is 1. The minimum absolute atomic E-state index is 0. The van der Waals surface area contributed by atoms with E-state index in [1.165, 1.54) is 6.07 Å². The number of halogens is 1. The van der Waals surface area contributed by atoms with Gasteiger partial charge in [-0.25, -0.2) is 9.37 Å². The van der Waals surface area contributed by atoms with Crippen LogP contribution in [0.1, 0.15) is 39.6 Å². The molecular weight excluding hydrogens is 472 g/mol. The maximum absolute atomic E-state index is 13.9. The normalized spacial score (nSPS) is 14.5. The summed E-state index contributed by atoms with van der Waals surface area (Å²) in [7, 11) is 0. The fourth-order valence-corrected chi connectivity index (χ4v) is 5.39. The number of carboxylic acids is 1. The van der Waals surface area contributed by atoms with Crippen LogP contribution in [0.4, 0.5) is 4.39 Å². The summed E-state index contributed by atoms with van der Waals surface area (Å²) in [5.74, 6) is -0.101. The van der Waals surface area contributed by atoms with Gasteiger partial charge < -0.3 is 14.6 Å². The third kappa shape index (κ3) is 5.78. The molecular formula is C28H21FNNaO3S. The summed E-state index contributed by atoms with van der Waals surface area (Å²) >= 11 is 1.58. The predicted molar refractivity (Wildman–Crippen MR) is 132 cm³/mol. The van der Waals surface area contributed by atoms with Gasteiger partial charge in [-0.1, -0.05) is 42.5 Å². The molecule has 35 heavy (non-hydrogen) atoms. The number of nitrogens with zero attached hydrogens (tertiary/aromatic N) is 1. The Labute approximate surface area is 229 Å². The van der Waals surface area contributed by atoms with Crippen LogP contribution in [-0.2, 0) is 11.4 Å². The van der Waals surface area contributed by atoms with Crippen molar-refractivity contribution in [3.05, 3.63) is 107 Å². The minimum atomic E-state index is -1.05. The molecule has 1 aromatic heterocycles. The molecule has 7 heteroatoms. The number of benzene rings is 3. The molecule has 0 amide bonds. The molecule has 0 N–H and O–H groups in total. The summed E-state index contributed by atoms with van der Waals surface area (Å²) in [6, 6.07) is 22.5. The van der Waals surface area contributed by atoms with Gasteiger partial charge in [-0.2, -0.15) is 0 Å². The second kappa shape index (κ2) is 11.4. The van der Waals surface area contributed by atoms with Crippen LogP contribution >= 0.6 is 11.8 Å². The Morgan fingerprint density at radius 2 is 1.91 bits per heavy atom. The Morgan fingerprint density at radius 3 is 2.77 bits per heavy atom. The summed E-state index contributed by atoms with van der Waals surface area (Å²) in [6.07, 6.45) is 3.86. The van der Waals surface area contributed by atoms with E-state index in [-0.39, 0.29) is 47.0 Å². The number of aromatic nitrogens is 1. The summed E-state index contributed by atoms with van der Waals surface area (Å²) in [4.78, 5) is 15.5. The van der Waals surface area contributed by atoms with Crippen LogP contribution in [0.2, 0.25) is 0 Å². The number of hydrogen-bond acceptors (Lipinski definition) is 5. The van der Waals surface area contributed by atoms with Crippen LogP contribution < -0.4 is 39.4 Å². The number of ether oxygens (including phenoxy) is 1. The van der Waals surface area contributed by atoms with E-state index in [9.17, 15) is 14.3 Å². The first kappa shape index (κ1) is 25.5. The molecule has 5 rings (SSSR count). The fraction of sp³-hybridized carbons (Fsp3) is 0.143. The molecule has 4 nitrogen and oxygen atoms in total. The minimum Gasteiger partial charge on any atom is -0.550 e. The smallest absolute Gasteiger partial charge is 0.550 e. The average molecular weight is 494 g/mol. The molecule has 170 valence electrons. The molecule has 2 heterocycles. The second-order valence-corrected chi connectivity index (χ2v) is 9.25. The van der Waals surface area contributed by atoms with Crippen LogP contribution in [0.5, 0.6) is 5.75 Å². The van der Waals surface area contributed by atoms with Crippen LogP contribution in [0, 0.1) is 5.82 Å². The molecule has 4 aromatic rings. The molecule has 1 aliphatic rings. The van der Waals surface area contributed by atoms with Crippen molar-refractivity contribution < 1.29 is 48.6 Å². The molecule has 0 bridgehead atoms. The quantitative estimate of drug-likeness (QED) is 0.386. The Balaban J connectivity index is 0.00000289. The molecule has 0 saturated heterocycles. The van der Waals surface area contributed by atoms with E-state index < -0.39 is 5.97 Å². The van der Waals surface area contributed by atoms with Crippen LogP contribution in [-0.4, -0.2) is 16.7 Å². The summed E-state index contributed by atoms with van der Waals surface area (Å²) in [5.41, 5.74) is 5.53. The number of fused-ring (bicyclic) bond motifs is 3. The third-order valence-electron chi connectivity index (χ3n) is 5.77. The van der Waals surface area contributed by atoms with E-state index in [1.54, 1.807) is 36.0 Å². The van der Waals surface area contributed by atoms with Crippen molar-refractivity contribution in [3.63, 3.8) is 0 Å². The first-order valence-corrected chi connectivity index (χ1v) is 12.0. The predicted octanol–water partition coefficient (Wildman–Crippen LogP) is 2.40. The third-order valence-corrected chi connectivity index (χ3v) is 7.06. The van der Waals surface area contributed by atoms with Crippen LogP contribution in [0.25, 0.3) is 23.1 Å². The Hall–Kier alpha value is -2.64. The van der Waals surface area contributed by atoms with Gasteiger partial charge in [-0.05, 0) is 71.3 Å². The first-order valence-electron chi connectivity index (χ1n) is 11.0. The van der Waals surface area contributed by atoms with Gasteiger partial charge in [0.2, 0.25) is 0 Å². The SMILES string of the molecule is O=C([O-])CCSC1c2ccccc2COc2ccc(/C=C/c3ccc4c(F)cccc4n3)cc21.[Na+]. The number of hydrogen-bond donors (Lipinski definition) is 0. The number of carboxylic acid groups (broad SMARTS) is 1. The molecule has 0 spiro atoms. The molecule has 1 unspecified atom stereocenters. The maximum atomic E-state index is 13.9. The fourth-order valence-electron chi connectivity index (χ4n) is 4.10. The van der Waals surface area contributed by atoms with Crippen molar-refractivity contribution in [3.8, 4) is 5.75 Å².